The van der Waals surface area contributed by atoms with Crippen molar-refractivity contribution in [2.45, 2.75) is 50.8 Å². The Kier molecular flexibility index (Phi) is 5.26. The van der Waals surface area contributed by atoms with Gasteiger partial charge in [0, 0.05) is 16.2 Å². The van der Waals surface area contributed by atoms with Crippen LogP contribution in [0.1, 0.15) is 31.9 Å². The minimum Gasteiger partial charge on any atom is -0.395 e. The Balaban J connectivity index is 2.86. The fourth-order valence-electron chi connectivity index (χ4n) is 1.88. The van der Waals surface area contributed by atoms with Gasteiger partial charge in [0.2, 0.25) is 0 Å². The van der Waals surface area contributed by atoms with E-state index in [1.54, 1.807) is 11.8 Å². The number of aliphatic hydroxyl groups excluding tert-OH is 1. The van der Waals surface area contributed by atoms with E-state index in [-0.39, 0.29) is 23.3 Å². The molecule has 0 aliphatic carbocycles. The average Bonchev–Trinajstić information content (AvgIpc) is 2.26. The Morgan fingerprint density at radius 3 is 2.33 bits per heavy atom. The molecule has 1 rings (SSSR count). The first-order valence-corrected chi connectivity index (χ1v) is 7.24. The zero-order valence-electron chi connectivity index (χ0n) is 12.0. The van der Waals surface area contributed by atoms with Crippen LogP contribution in [-0.4, -0.2) is 23.0 Å². The Hall–Kier alpha value is -0.510. The minimum absolute atomic E-state index is 0.000994. The van der Waals surface area contributed by atoms with Crippen molar-refractivity contribution in [1.82, 2.24) is 0 Å². The molecule has 0 spiro atoms. The molecule has 2 nitrogen and oxygen atoms in total. The summed E-state index contributed by atoms with van der Waals surface area (Å²) < 4.78 is 0. The molecule has 0 saturated carbocycles. The van der Waals surface area contributed by atoms with E-state index < -0.39 is 0 Å². The first-order chi connectivity index (χ1) is 8.25. The van der Waals surface area contributed by atoms with Crippen LogP contribution >= 0.6 is 11.8 Å². The monoisotopic (exact) mass is 267 g/mol. The summed E-state index contributed by atoms with van der Waals surface area (Å²) in [5.41, 5.74) is 8.76. The quantitative estimate of drug-likeness (QED) is 0.824. The van der Waals surface area contributed by atoms with Gasteiger partial charge in [-0.1, -0.05) is 38.5 Å². The van der Waals surface area contributed by atoms with Gasteiger partial charge >= 0.3 is 0 Å². The number of rotatable bonds is 4. The van der Waals surface area contributed by atoms with Crippen molar-refractivity contribution in [1.29, 1.82) is 0 Å². The van der Waals surface area contributed by atoms with Crippen LogP contribution in [0.5, 0.6) is 0 Å². The van der Waals surface area contributed by atoms with Crippen LogP contribution in [-0.2, 0) is 0 Å². The van der Waals surface area contributed by atoms with Crippen molar-refractivity contribution in [3.05, 3.63) is 29.3 Å². The van der Waals surface area contributed by atoms with E-state index >= 15 is 0 Å². The van der Waals surface area contributed by atoms with Crippen molar-refractivity contribution in [3.63, 3.8) is 0 Å². The second-order valence-corrected chi connectivity index (χ2v) is 7.28. The Labute approximate surface area is 115 Å². The molecule has 2 unspecified atom stereocenters. The van der Waals surface area contributed by atoms with Gasteiger partial charge in [0.15, 0.2) is 0 Å². The highest BCUT2D eigenvalue weighted by atomic mass is 32.2. The maximum absolute atomic E-state index is 9.57. The molecule has 0 heterocycles. The topological polar surface area (TPSA) is 46.2 Å². The summed E-state index contributed by atoms with van der Waals surface area (Å²) in [7, 11) is 0. The molecule has 2 atom stereocenters. The second-order valence-electron chi connectivity index (χ2n) is 6.00. The Morgan fingerprint density at radius 2 is 1.89 bits per heavy atom. The van der Waals surface area contributed by atoms with E-state index in [0.717, 1.165) is 0 Å². The normalized spacial score (nSPS) is 15.5. The van der Waals surface area contributed by atoms with Crippen molar-refractivity contribution >= 4 is 11.8 Å². The van der Waals surface area contributed by atoms with Crippen LogP contribution in [0, 0.1) is 19.3 Å². The van der Waals surface area contributed by atoms with E-state index in [4.69, 9.17) is 5.73 Å². The summed E-state index contributed by atoms with van der Waals surface area (Å²) in [6.07, 6.45) is 0. The number of hydrogen-bond acceptors (Lipinski definition) is 3. The summed E-state index contributed by atoms with van der Waals surface area (Å²) in [6, 6.07) is 6.35. The van der Waals surface area contributed by atoms with Gasteiger partial charge in [0.25, 0.3) is 0 Å². The third kappa shape index (κ3) is 4.01. The average molecular weight is 267 g/mol. The summed E-state index contributed by atoms with van der Waals surface area (Å²) in [4.78, 5) is 1.21. The van der Waals surface area contributed by atoms with Crippen molar-refractivity contribution < 1.29 is 5.11 Å². The van der Waals surface area contributed by atoms with Gasteiger partial charge in [-0.05, 0) is 30.9 Å². The fourth-order valence-corrected chi connectivity index (χ4v) is 3.22. The molecule has 1 aromatic carbocycles. The van der Waals surface area contributed by atoms with Gasteiger partial charge in [-0.3, -0.25) is 0 Å². The molecule has 0 radical (unpaired) electrons. The predicted octanol–water partition coefficient (Wildman–Crippen LogP) is 3.13. The summed E-state index contributed by atoms with van der Waals surface area (Å²) in [6.45, 7) is 10.6. The molecule has 3 heteroatoms. The lowest BCUT2D eigenvalue weighted by Gasteiger charge is -2.33. The maximum atomic E-state index is 9.57. The highest BCUT2D eigenvalue weighted by Crippen LogP contribution is 2.33. The molecule has 0 aliphatic rings. The number of hydrogen-bond donors (Lipinski definition) is 2. The van der Waals surface area contributed by atoms with Crippen LogP contribution in [0.2, 0.25) is 0 Å². The summed E-state index contributed by atoms with van der Waals surface area (Å²) >= 11 is 1.68. The molecule has 18 heavy (non-hydrogen) atoms. The van der Waals surface area contributed by atoms with E-state index in [0.29, 0.717) is 0 Å². The van der Waals surface area contributed by atoms with E-state index in [1.165, 1.54) is 16.0 Å². The van der Waals surface area contributed by atoms with Crippen molar-refractivity contribution in [3.8, 4) is 0 Å². The van der Waals surface area contributed by atoms with Gasteiger partial charge < -0.3 is 10.8 Å². The van der Waals surface area contributed by atoms with E-state index in [9.17, 15) is 5.11 Å². The third-order valence-corrected chi connectivity index (χ3v) is 4.65. The van der Waals surface area contributed by atoms with Crippen LogP contribution in [0.3, 0.4) is 0 Å². The Morgan fingerprint density at radius 1 is 1.28 bits per heavy atom. The molecule has 102 valence electrons. The number of nitrogens with two attached hydrogens (primary N) is 1. The SMILES string of the molecule is Cc1ccc(SC(CO)C(N)C(C)(C)C)c(C)c1. The Bertz CT molecular complexity index is 398. The maximum Gasteiger partial charge on any atom is 0.0568 e. The number of benzene rings is 1. The molecule has 0 aliphatic heterocycles. The molecular weight excluding hydrogens is 242 g/mol. The minimum atomic E-state index is -0.0341. The molecule has 3 N–H and O–H groups in total. The lowest BCUT2D eigenvalue weighted by molar-refractivity contribution is 0.233. The second kappa shape index (κ2) is 6.09. The highest BCUT2D eigenvalue weighted by molar-refractivity contribution is 8.00. The number of thioether (sulfide) groups is 1. The van der Waals surface area contributed by atoms with Crippen LogP contribution in [0.4, 0.5) is 0 Å². The van der Waals surface area contributed by atoms with Gasteiger partial charge in [0.1, 0.15) is 0 Å². The molecule has 0 saturated heterocycles. The van der Waals surface area contributed by atoms with E-state index in [2.05, 4.69) is 52.8 Å². The van der Waals surface area contributed by atoms with Crippen LogP contribution in [0.25, 0.3) is 0 Å². The standard InChI is InChI=1S/C15H25NOS/c1-10-6-7-12(11(2)8-10)18-13(9-17)14(16)15(3,4)5/h6-8,13-14,17H,9,16H2,1-5H3. The number of aryl methyl sites for hydroxylation is 2. The van der Waals surface area contributed by atoms with Crippen molar-refractivity contribution in [2.75, 3.05) is 6.61 Å². The van der Waals surface area contributed by atoms with Gasteiger partial charge in [-0.2, -0.15) is 0 Å². The van der Waals surface area contributed by atoms with Gasteiger partial charge in [0.05, 0.1) is 6.61 Å². The zero-order valence-corrected chi connectivity index (χ0v) is 12.8. The third-order valence-electron chi connectivity index (χ3n) is 3.19. The lowest BCUT2D eigenvalue weighted by atomic mass is 9.85. The molecule has 1 aromatic rings. The molecule has 0 amide bonds. The van der Waals surface area contributed by atoms with E-state index in [1.807, 2.05) is 0 Å². The zero-order chi connectivity index (χ0) is 13.9. The predicted molar refractivity (Wildman–Crippen MR) is 80.1 cm³/mol. The molecule has 0 fully saturated rings. The first kappa shape index (κ1) is 15.5. The molecule has 0 aromatic heterocycles. The highest BCUT2D eigenvalue weighted by Gasteiger charge is 2.29. The largest absolute Gasteiger partial charge is 0.395 e. The number of aliphatic hydroxyl groups is 1. The van der Waals surface area contributed by atoms with Gasteiger partial charge in [-0.25, -0.2) is 0 Å². The van der Waals surface area contributed by atoms with Gasteiger partial charge in [-0.15, -0.1) is 11.8 Å². The lowest BCUT2D eigenvalue weighted by Crippen LogP contribution is -2.45. The summed E-state index contributed by atoms with van der Waals surface area (Å²) in [5.74, 6) is 0. The fraction of sp³-hybridized carbons (Fsp3) is 0.600. The van der Waals surface area contributed by atoms with Crippen LogP contribution in [0.15, 0.2) is 23.1 Å². The smallest absolute Gasteiger partial charge is 0.0568 e. The van der Waals surface area contributed by atoms with Crippen LogP contribution < -0.4 is 5.73 Å². The first-order valence-electron chi connectivity index (χ1n) is 6.36. The summed E-state index contributed by atoms with van der Waals surface area (Å²) in [5, 5.41) is 9.60. The molecule has 0 bridgehead atoms. The molecular formula is C15H25NOS. The van der Waals surface area contributed by atoms with Crippen molar-refractivity contribution in [2.24, 2.45) is 11.1 Å².